The molecule has 0 saturated carbocycles. The Hall–Kier alpha value is -0.910. The van der Waals surface area contributed by atoms with Gasteiger partial charge in [-0.2, -0.15) is 0 Å². The number of fused-ring (bicyclic) bond motifs is 1. The second-order valence-electron chi connectivity index (χ2n) is 5.59. The zero-order valence-electron chi connectivity index (χ0n) is 11.2. The van der Waals surface area contributed by atoms with E-state index in [1.165, 1.54) is 11.3 Å². The molecule has 2 aliphatic heterocycles. The lowest BCUT2D eigenvalue weighted by atomic mass is 9.94. The molecule has 0 aromatic carbocycles. The molecule has 3 heterocycles. The Morgan fingerprint density at radius 1 is 1.47 bits per heavy atom. The standard InChI is InChI=1S/C14H20N2O2S/c1-15-6-2-3-10(9-15)16-7-4-12-11(5-8-19-12)13(16)14(17)18/h5,8,10,13H,2-4,6-7,9H2,1H3,(H,17,18). The summed E-state index contributed by atoms with van der Waals surface area (Å²) in [4.78, 5) is 17.5. The minimum atomic E-state index is -0.701. The zero-order valence-corrected chi connectivity index (χ0v) is 12.0. The van der Waals surface area contributed by atoms with Crippen molar-refractivity contribution in [1.82, 2.24) is 9.80 Å². The van der Waals surface area contributed by atoms with Gasteiger partial charge in [-0.05, 0) is 49.9 Å². The molecule has 0 radical (unpaired) electrons. The third-order valence-corrected chi connectivity index (χ3v) is 5.30. The quantitative estimate of drug-likeness (QED) is 0.897. The number of piperidine rings is 1. The second kappa shape index (κ2) is 5.23. The highest BCUT2D eigenvalue weighted by molar-refractivity contribution is 7.10. The van der Waals surface area contributed by atoms with Gasteiger partial charge in [-0.3, -0.25) is 9.69 Å². The Morgan fingerprint density at radius 2 is 2.32 bits per heavy atom. The number of carbonyl (C=O) groups is 1. The molecule has 2 atom stereocenters. The molecule has 1 aromatic heterocycles. The Labute approximate surface area is 117 Å². The zero-order chi connectivity index (χ0) is 13.4. The largest absolute Gasteiger partial charge is 0.480 e. The van der Waals surface area contributed by atoms with E-state index < -0.39 is 12.0 Å². The maximum Gasteiger partial charge on any atom is 0.325 e. The van der Waals surface area contributed by atoms with E-state index in [1.54, 1.807) is 11.3 Å². The van der Waals surface area contributed by atoms with Crippen LogP contribution < -0.4 is 0 Å². The molecular weight excluding hydrogens is 260 g/mol. The molecule has 1 N–H and O–H groups in total. The first-order chi connectivity index (χ1) is 9.16. The lowest BCUT2D eigenvalue weighted by Gasteiger charge is -2.42. The van der Waals surface area contributed by atoms with E-state index in [1.807, 2.05) is 11.4 Å². The van der Waals surface area contributed by atoms with E-state index in [0.717, 1.165) is 38.0 Å². The number of aliphatic carboxylic acids is 1. The van der Waals surface area contributed by atoms with Crippen molar-refractivity contribution in [3.63, 3.8) is 0 Å². The number of carboxylic acid groups (broad SMARTS) is 1. The third kappa shape index (κ3) is 2.42. The van der Waals surface area contributed by atoms with Gasteiger partial charge in [0.2, 0.25) is 0 Å². The molecule has 3 rings (SSSR count). The predicted octanol–water partition coefficient (Wildman–Crippen LogP) is 1.83. The molecule has 0 aliphatic carbocycles. The SMILES string of the molecule is CN1CCCC(N2CCc3sccc3C2C(=O)O)C1. The van der Waals surface area contributed by atoms with E-state index in [0.29, 0.717) is 6.04 Å². The minimum absolute atomic E-state index is 0.382. The highest BCUT2D eigenvalue weighted by atomic mass is 32.1. The van der Waals surface area contributed by atoms with Crippen molar-refractivity contribution in [2.24, 2.45) is 0 Å². The van der Waals surface area contributed by atoms with E-state index >= 15 is 0 Å². The summed E-state index contributed by atoms with van der Waals surface area (Å²) in [6, 6.07) is 1.94. The lowest BCUT2D eigenvalue weighted by molar-refractivity contribution is -0.145. The normalized spacial score (nSPS) is 29.1. The van der Waals surface area contributed by atoms with Gasteiger partial charge in [-0.25, -0.2) is 0 Å². The number of hydrogen-bond donors (Lipinski definition) is 1. The van der Waals surface area contributed by atoms with Crippen molar-refractivity contribution in [3.05, 3.63) is 21.9 Å². The number of likely N-dealkylation sites (N-methyl/N-ethyl adjacent to an activating group) is 1. The number of likely N-dealkylation sites (tertiary alicyclic amines) is 1. The molecule has 104 valence electrons. The van der Waals surface area contributed by atoms with Crippen LogP contribution in [0, 0.1) is 0 Å². The van der Waals surface area contributed by atoms with Gasteiger partial charge in [0.15, 0.2) is 0 Å². The van der Waals surface area contributed by atoms with Crippen LogP contribution in [0.4, 0.5) is 0 Å². The Bertz CT molecular complexity index is 474. The average molecular weight is 280 g/mol. The highest BCUT2D eigenvalue weighted by Crippen LogP contribution is 2.36. The lowest BCUT2D eigenvalue weighted by Crippen LogP contribution is -2.51. The van der Waals surface area contributed by atoms with Crippen molar-refractivity contribution in [2.45, 2.75) is 31.3 Å². The average Bonchev–Trinajstić information content (AvgIpc) is 2.85. The third-order valence-electron chi connectivity index (χ3n) is 4.31. The van der Waals surface area contributed by atoms with E-state index in [2.05, 4.69) is 16.8 Å². The van der Waals surface area contributed by atoms with Crippen LogP contribution in [0.2, 0.25) is 0 Å². The van der Waals surface area contributed by atoms with E-state index in [9.17, 15) is 9.90 Å². The summed E-state index contributed by atoms with van der Waals surface area (Å²) in [5, 5.41) is 11.6. The summed E-state index contributed by atoms with van der Waals surface area (Å²) in [5.41, 5.74) is 1.02. The summed E-state index contributed by atoms with van der Waals surface area (Å²) in [5.74, 6) is -0.701. The first-order valence-corrected chi connectivity index (χ1v) is 7.78. The fourth-order valence-electron chi connectivity index (χ4n) is 3.41. The van der Waals surface area contributed by atoms with Gasteiger partial charge in [0.05, 0.1) is 0 Å². The molecule has 1 aromatic rings. The van der Waals surface area contributed by atoms with Crippen molar-refractivity contribution in [3.8, 4) is 0 Å². The number of rotatable bonds is 2. The van der Waals surface area contributed by atoms with Crippen molar-refractivity contribution in [2.75, 3.05) is 26.7 Å². The maximum absolute atomic E-state index is 11.7. The van der Waals surface area contributed by atoms with Crippen LogP contribution in [0.1, 0.15) is 29.3 Å². The van der Waals surface area contributed by atoms with Gasteiger partial charge in [-0.15, -0.1) is 11.3 Å². The summed E-state index contributed by atoms with van der Waals surface area (Å²) in [6.45, 7) is 3.00. The van der Waals surface area contributed by atoms with Gasteiger partial charge < -0.3 is 10.0 Å². The van der Waals surface area contributed by atoms with Gasteiger partial charge in [0.1, 0.15) is 6.04 Å². The van der Waals surface area contributed by atoms with Gasteiger partial charge in [0.25, 0.3) is 0 Å². The van der Waals surface area contributed by atoms with Crippen molar-refractivity contribution >= 4 is 17.3 Å². The fourth-order valence-corrected chi connectivity index (χ4v) is 4.32. The smallest absolute Gasteiger partial charge is 0.325 e. The maximum atomic E-state index is 11.7. The van der Waals surface area contributed by atoms with E-state index in [4.69, 9.17) is 0 Å². The molecule has 0 bridgehead atoms. The van der Waals surface area contributed by atoms with Gasteiger partial charge in [-0.1, -0.05) is 0 Å². The molecule has 0 spiro atoms. The summed E-state index contributed by atoms with van der Waals surface area (Å²) < 4.78 is 0. The van der Waals surface area contributed by atoms with Crippen LogP contribution >= 0.6 is 11.3 Å². The van der Waals surface area contributed by atoms with Crippen molar-refractivity contribution < 1.29 is 9.90 Å². The molecular formula is C14H20N2O2S. The number of carboxylic acids is 1. The molecule has 2 aliphatic rings. The topological polar surface area (TPSA) is 43.8 Å². The fraction of sp³-hybridized carbons (Fsp3) is 0.643. The monoisotopic (exact) mass is 280 g/mol. The molecule has 0 amide bonds. The predicted molar refractivity (Wildman–Crippen MR) is 75.6 cm³/mol. The minimum Gasteiger partial charge on any atom is -0.480 e. The number of thiophene rings is 1. The molecule has 1 fully saturated rings. The first-order valence-electron chi connectivity index (χ1n) is 6.90. The van der Waals surface area contributed by atoms with Crippen LogP contribution in [-0.4, -0.2) is 53.6 Å². The molecule has 5 heteroatoms. The highest BCUT2D eigenvalue weighted by Gasteiger charge is 2.38. The number of hydrogen-bond acceptors (Lipinski definition) is 4. The number of nitrogens with zero attached hydrogens (tertiary/aromatic N) is 2. The molecule has 1 saturated heterocycles. The summed E-state index contributed by atoms with van der Waals surface area (Å²) in [6.07, 6.45) is 3.28. The molecule has 19 heavy (non-hydrogen) atoms. The van der Waals surface area contributed by atoms with E-state index in [-0.39, 0.29) is 0 Å². The van der Waals surface area contributed by atoms with Crippen LogP contribution in [0.3, 0.4) is 0 Å². The van der Waals surface area contributed by atoms with Crippen molar-refractivity contribution in [1.29, 1.82) is 0 Å². The molecule has 4 nitrogen and oxygen atoms in total. The van der Waals surface area contributed by atoms with Gasteiger partial charge >= 0.3 is 5.97 Å². The first kappa shape index (κ1) is 13.1. The van der Waals surface area contributed by atoms with Crippen LogP contribution in [0.25, 0.3) is 0 Å². The van der Waals surface area contributed by atoms with Crippen LogP contribution in [0.15, 0.2) is 11.4 Å². The van der Waals surface area contributed by atoms with Gasteiger partial charge in [0, 0.05) is 24.0 Å². The Kier molecular flexibility index (Phi) is 3.60. The van der Waals surface area contributed by atoms with Crippen LogP contribution in [-0.2, 0) is 11.2 Å². The second-order valence-corrected chi connectivity index (χ2v) is 6.59. The van der Waals surface area contributed by atoms with Crippen LogP contribution in [0.5, 0.6) is 0 Å². The Morgan fingerprint density at radius 3 is 3.05 bits per heavy atom. The Balaban J connectivity index is 1.87. The summed E-state index contributed by atoms with van der Waals surface area (Å²) in [7, 11) is 2.13. The molecule has 2 unspecified atom stereocenters. The summed E-state index contributed by atoms with van der Waals surface area (Å²) >= 11 is 1.70.